The number of rotatable bonds is 3. The number of hydrogen-bond donors (Lipinski definition) is 2. The smallest absolute Gasteiger partial charge is 0.224 e. The summed E-state index contributed by atoms with van der Waals surface area (Å²) in [6.07, 6.45) is 2.54. The number of nitrogens with zero attached hydrogens (tertiary/aromatic N) is 1. The number of piperidine rings is 1. The van der Waals surface area contributed by atoms with Gasteiger partial charge in [-0.1, -0.05) is 5.16 Å². The van der Waals surface area contributed by atoms with Crippen molar-refractivity contribution in [1.82, 2.24) is 15.8 Å². The van der Waals surface area contributed by atoms with E-state index in [9.17, 15) is 4.79 Å². The van der Waals surface area contributed by atoms with Crippen LogP contribution in [0.25, 0.3) is 0 Å². The maximum atomic E-state index is 11.9. The van der Waals surface area contributed by atoms with Crippen LogP contribution in [0.1, 0.15) is 29.9 Å². The van der Waals surface area contributed by atoms with Crippen LogP contribution in [0.15, 0.2) is 4.52 Å². The van der Waals surface area contributed by atoms with Crippen molar-refractivity contribution in [3.8, 4) is 0 Å². The maximum Gasteiger partial charge on any atom is 0.224 e. The van der Waals surface area contributed by atoms with Crippen molar-refractivity contribution in [2.75, 3.05) is 13.1 Å². The van der Waals surface area contributed by atoms with E-state index < -0.39 is 0 Å². The van der Waals surface area contributed by atoms with Gasteiger partial charge in [0.2, 0.25) is 5.91 Å². The van der Waals surface area contributed by atoms with Crippen molar-refractivity contribution >= 4 is 5.91 Å². The fourth-order valence-electron chi connectivity index (χ4n) is 2.17. The Hall–Kier alpha value is -1.36. The zero-order valence-electron chi connectivity index (χ0n) is 10.4. The number of carbonyl (C=O) groups excluding carboxylic acids is 1. The van der Waals surface area contributed by atoms with E-state index in [1.165, 1.54) is 0 Å². The van der Waals surface area contributed by atoms with Crippen molar-refractivity contribution in [1.29, 1.82) is 0 Å². The minimum Gasteiger partial charge on any atom is -0.361 e. The maximum absolute atomic E-state index is 11.9. The molecule has 1 fully saturated rings. The molecule has 0 radical (unpaired) electrons. The summed E-state index contributed by atoms with van der Waals surface area (Å²) in [7, 11) is 0. The molecule has 2 heterocycles. The van der Waals surface area contributed by atoms with E-state index in [1.807, 2.05) is 13.8 Å². The molecule has 5 nitrogen and oxygen atoms in total. The molecule has 1 aromatic heterocycles. The Morgan fingerprint density at radius 1 is 1.59 bits per heavy atom. The summed E-state index contributed by atoms with van der Waals surface area (Å²) < 4.78 is 5.04. The summed E-state index contributed by atoms with van der Waals surface area (Å²) in [5.41, 5.74) is 1.71. The lowest BCUT2D eigenvalue weighted by Crippen LogP contribution is -2.46. The Balaban J connectivity index is 1.88. The summed E-state index contributed by atoms with van der Waals surface area (Å²) in [4.78, 5) is 11.9. The standard InChI is InChI=1S/C12H19N3O2/c1-8-11(9(2)17-15-8)6-12(16)14-10-4-3-5-13-7-10/h10,13H,3-7H2,1-2H3,(H,14,16)/t10-/m0/s1. The third-order valence-electron chi connectivity index (χ3n) is 3.18. The number of nitrogens with one attached hydrogen (secondary N) is 2. The molecule has 1 aromatic rings. The normalized spacial score (nSPS) is 20.2. The second-order valence-electron chi connectivity index (χ2n) is 4.59. The second-order valence-corrected chi connectivity index (χ2v) is 4.59. The fourth-order valence-corrected chi connectivity index (χ4v) is 2.17. The minimum absolute atomic E-state index is 0.0492. The predicted molar refractivity (Wildman–Crippen MR) is 63.7 cm³/mol. The van der Waals surface area contributed by atoms with Crippen LogP contribution in [0.2, 0.25) is 0 Å². The van der Waals surface area contributed by atoms with Crippen LogP contribution in [0.5, 0.6) is 0 Å². The average Bonchev–Trinajstić information content (AvgIpc) is 2.62. The molecule has 0 aromatic carbocycles. The first-order valence-corrected chi connectivity index (χ1v) is 6.08. The quantitative estimate of drug-likeness (QED) is 0.812. The van der Waals surface area contributed by atoms with Gasteiger partial charge in [0.15, 0.2) is 0 Å². The van der Waals surface area contributed by atoms with Crippen molar-refractivity contribution < 1.29 is 9.32 Å². The Morgan fingerprint density at radius 2 is 2.41 bits per heavy atom. The van der Waals surface area contributed by atoms with Gasteiger partial charge in [0.25, 0.3) is 0 Å². The Kier molecular flexibility index (Phi) is 3.78. The van der Waals surface area contributed by atoms with E-state index in [4.69, 9.17) is 4.52 Å². The van der Waals surface area contributed by atoms with Gasteiger partial charge in [0, 0.05) is 18.2 Å². The average molecular weight is 237 g/mol. The van der Waals surface area contributed by atoms with Gasteiger partial charge < -0.3 is 15.2 Å². The highest BCUT2D eigenvalue weighted by molar-refractivity contribution is 5.79. The Morgan fingerprint density at radius 3 is 3.00 bits per heavy atom. The number of aryl methyl sites for hydroxylation is 2. The van der Waals surface area contributed by atoms with Crippen LogP contribution in [-0.2, 0) is 11.2 Å². The van der Waals surface area contributed by atoms with Crippen LogP contribution < -0.4 is 10.6 Å². The molecule has 0 unspecified atom stereocenters. The predicted octanol–water partition coefficient (Wildman–Crippen LogP) is 0.702. The summed E-state index contributed by atoms with van der Waals surface area (Å²) in [6, 6.07) is 0.261. The lowest BCUT2D eigenvalue weighted by Gasteiger charge is -2.23. The molecule has 17 heavy (non-hydrogen) atoms. The van der Waals surface area contributed by atoms with E-state index >= 15 is 0 Å². The van der Waals surface area contributed by atoms with Crippen LogP contribution >= 0.6 is 0 Å². The highest BCUT2D eigenvalue weighted by atomic mass is 16.5. The van der Waals surface area contributed by atoms with E-state index in [0.29, 0.717) is 6.42 Å². The van der Waals surface area contributed by atoms with Crippen LogP contribution in [-0.4, -0.2) is 30.2 Å². The molecule has 1 saturated heterocycles. The molecule has 1 aliphatic heterocycles. The Labute approximate surface area is 101 Å². The summed E-state index contributed by atoms with van der Waals surface area (Å²) in [6.45, 7) is 5.62. The minimum atomic E-state index is 0.0492. The largest absolute Gasteiger partial charge is 0.361 e. The molecular weight excluding hydrogens is 218 g/mol. The monoisotopic (exact) mass is 237 g/mol. The number of aromatic nitrogens is 1. The SMILES string of the molecule is Cc1noc(C)c1CC(=O)N[C@H]1CCCNC1. The number of amides is 1. The van der Waals surface area contributed by atoms with Gasteiger partial charge in [-0.05, 0) is 33.2 Å². The van der Waals surface area contributed by atoms with Crippen LogP contribution in [0, 0.1) is 13.8 Å². The molecular formula is C12H19N3O2. The van der Waals surface area contributed by atoms with Crippen molar-refractivity contribution in [3.63, 3.8) is 0 Å². The second kappa shape index (κ2) is 5.31. The van der Waals surface area contributed by atoms with E-state index in [-0.39, 0.29) is 11.9 Å². The summed E-state index contributed by atoms with van der Waals surface area (Å²) in [5.74, 6) is 0.785. The molecule has 0 spiro atoms. The molecule has 1 aliphatic rings. The third-order valence-corrected chi connectivity index (χ3v) is 3.18. The highest BCUT2D eigenvalue weighted by Crippen LogP contribution is 2.13. The third kappa shape index (κ3) is 3.06. The van der Waals surface area contributed by atoms with Gasteiger partial charge in [-0.15, -0.1) is 0 Å². The van der Waals surface area contributed by atoms with Gasteiger partial charge in [0.1, 0.15) is 5.76 Å². The Bertz CT molecular complexity index is 375. The molecule has 1 atom stereocenters. The van der Waals surface area contributed by atoms with Crippen LogP contribution in [0.3, 0.4) is 0 Å². The first-order valence-electron chi connectivity index (χ1n) is 6.08. The molecule has 2 N–H and O–H groups in total. The molecule has 0 aliphatic carbocycles. The molecule has 0 bridgehead atoms. The van der Waals surface area contributed by atoms with Gasteiger partial charge >= 0.3 is 0 Å². The molecule has 2 rings (SSSR count). The molecule has 94 valence electrons. The van der Waals surface area contributed by atoms with Gasteiger partial charge in [-0.2, -0.15) is 0 Å². The number of hydrogen-bond acceptors (Lipinski definition) is 4. The molecule has 5 heteroatoms. The fraction of sp³-hybridized carbons (Fsp3) is 0.667. The topological polar surface area (TPSA) is 67.2 Å². The van der Waals surface area contributed by atoms with E-state index in [2.05, 4.69) is 15.8 Å². The van der Waals surface area contributed by atoms with Crippen LogP contribution in [0.4, 0.5) is 0 Å². The van der Waals surface area contributed by atoms with Gasteiger partial charge in [-0.25, -0.2) is 0 Å². The summed E-state index contributed by atoms with van der Waals surface area (Å²) in [5, 5.41) is 10.2. The first-order chi connectivity index (χ1) is 8.16. The van der Waals surface area contributed by atoms with Crippen molar-refractivity contribution in [2.45, 2.75) is 39.2 Å². The van der Waals surface area contributed by atoms with Gasteiger partial charge in [-0.3, -0.25) is 4.79 Å². The first kappa shape index (κ1) is 12.1. The molecule has 1 amide bonds. The zero-order chi connectivity index (χ0) is 12.3. The highest BCUT2D eigenvalue weighted by Gasteiger charge is 2.18. The lowest BCUT2D eigenvalue weighted by atomic mass is 10.1. The van der Waals surface area contributed by atoms with Crippen molar-refractivity contribution in [2.24, 2.45) is 0 Å². The number of carbonyl (C=O) groups is 1. The van der Waals surface area contributed by atoms with E-state index in [0.717, 1.165) is 42.9 Å². The van der Waals surface area contributed by atoms with Gasteiger partial charge in [0.05, 0.1) is 12.1 Å². The van der Waals surface area contributed by atoms with Crippen molar-refractivity contribution in [3.05, 3.63) is 17.0 Å². The lowest BCUT2D eigenvalue weighted by molar-refractivity contribution is -0.121. The molecule has 0 saturated carbocycles. The zero-order valence-corrected chi connectivity index (χ0v) is 10.4. The van der Waals surface area contributed by atoms with E-state index in [1.54, 1.807) is 0 Å². The summed E-state index contributed by atoms with van der Waals surface area (Å²) >= 11 is 0.